The fraction of sp³-hybridized carbons (Fsp3) is 0.455. The molecule has 0 N–H and O–H groups in total. The predicted octanol–water partition coefficient (Wildman–Crippen LogP) is 3.77. The van der Waals surface area contributed by atoms with Gasteiger partial charge in [0.2, 0.25) is 0 Å². The van der Waals surface area contributed by atoms with Gasteiger partial charge in [0, 0.05) is 26.6 Å². The van der Waals surface area contributed by atoms with E-state index in [1.54, 1.807) is 7.11 Å². The summed E-state index contributed by atoms with van der Waals surface area (Å²) in [5.41, 5.74) is 3.94. The minimum atomic E-state index is -0.218. The number of hydrogen-bond donors (Lipinski definition) is 0. The maximum atomic E-state index is 6.51. The van der Waals surface area contributed by atoms with E-state index < -0.39 is 0 Å². The largest absolute Gasteiger partial charge is 0.355 e. The third kappa shape index (κ3) is 3.50. The summed E-state index contributed by atoms with van der Waals surface area (Å²) in [5.74, 6) is 0. The van der Waals surface area contributed by atoms with Crippen LogP contribution < -0.4 is 0 Å². The van der Waals surface area contributed by atoms with Crippen LogP contribution in [0.15, 0.2) is 54.6 Å². The number of rotatable bonds is 4. The molecule has 0 radical (unpaired) electrons. The lowest BCUT2D eigenvalue weighted by atomic mass is 9.80. The smallest absolute Gasteiger partial charge is 0.162 e. The van der Waals surface area contributed by atoms with Crippen molar-refractivity contribution in [3.05, 3.63) is 71.3 Å². The van der Waals surface area contributed by atoms with Crippen molar-refractivity contribution in [3.63, 3.8) is 0 Å². The number of nitrogens with zero attached hydrogens (tertiary/aromatic N) is 1. The Morgan fingerprint density at radius 1 is 1.12 bits per heavy atom. The molecule has 1 spiro atoms. The maximum Gasteiger partial charge on any atom is 0.162 e. The molecular weight excluding hydrogens is 310 g/mol. The highest BCUT2D eigenvalue weighted by Crippen LogP contribution is 2.42. The lowest BCUT2D eigenvalue weighted by molar-refractivity contribution is -0.228. The fourth-order valence-electron chi connectivity index (χ4n) is 4.36. The first-order chi connectivity index (χ1) is 12.3. The van der Waals surface area contributed by atoms with Crippen molar-refractivity contribution in [3.8, 4) is 0 Å². The van der Waals surface area contributed by atoms with Crippen molar-refractivity contribution in [1.29, 1.82) is 0 Å². The van der Waals surface area contributed by atoms with Gasteiger partial charge in [0.25, 0.3) is 0 Å². The van der Waals surface area contributed by atoms with Gasteiger partial charge in [0.05, 0.1) is 0 Å². The average molecular weight is 337 g/mol. The second kappa shape index (κ2) is 7.28. The summed E-state index contributed by atoms with van der Waals surface area (Å²) < 4.78 is 12.1. The van der Waals surface area contributed by atoms with Crippen molar-refractivity contribution in [2.45, 2.75) is 37.6 Å². The molecule has 0 unspecified atom stereocenters. The molecule has 2 aliphatic heterocycles. The van der Waals surface area contributed by atoms with E-state index in [4.69, 9.17) is 9.47 Å². The Hall–Kier alpha value is -1.68. The number of methoxy groups -OCH3 is 1. The molecule has 2 aromatic carbocycles. The van der Waals surface area contributed by atoms with Crippen molar-refractivity contribution >= 4 is 0 Å². The molecule has 0 aromatic heterocycles. The maximum absolute atomic E-state index is 6.51. The first-order valence-electron chi connectivity index (χ1n) is 9.34. The molecule has 25 heavy (non-hydrogen) atoms. The van der Waals surface area contributed by atoms with E-state index in [2.05, 4.69) is 59.5 Å². The Kier molecular flexibility index (Phi) is 4.89. The van der Waals surface area contributed by atoms with Crippen LogP contribution in [0, 0.1) is 0 Å². The van der Waals surface area contributed by atoms with Gasteiger partial charge in [-0.05, 0) is 42.5 Å². The van der Waals surface area contributed by atoms with Gasteiger partial charge in [-0.25, -0.2) is 0 Å². The minimum Gasteiger partial charge on any atom is -0.355 e. The number of piperidine rings is 1. The van der Waals surface area contributed by atoms with Crippen LogP contribution in [0.4, 0.5) is 0 Å². The van der Waals surface area contributed by atoms with Crippen LogP contribution in [0.3, 0.4) is 0 Å². The average Bonchev–Trinajstić information content (AvgIpc) is 2.67. The first-order valence-corrected chi connectivity index (χ1v) is 9.34. The van der Waals surface area contributed by atoms with Crippen molar-refractivity contribution in [1.82, 2.24) is 4.90 Å². The van der Waals surface area contributed by atoms with Crippen molar-refractivity contribution in [2.24, 2.45) is 0 Å². The number of benzene rings is 2. The van der Waals surface area contributed by atoms with Crippen LogP contribution in [-0.2, 0) is 27.9 Å². The Balaban J connectivity index is 1.53. The normalized spacial score (nSPS) is 26.5. The predicted molar refractivity (Wildman–Crippen MR) is 99.5 cm³/mol. The topological polar surface area (TPSA) is 21.7 Å². The summed E-state index contributed by atoms with van der Waals surface area (Å²) in [7, 11) is 1.75. The molecule has 4 rings (SSSR count). The summed E-state index contributed by atoms with van der Waals surface area (Å²) in [6.45, 7) is 3.18. The fourth-order valence-corrected chi connectivity index (χ4v) is 4.36. The van der Waals surface area contributed by atoms with Crippen LogP contribution in [0.25, 0.3) is 0 Å². The Bertz CT molecular complexity index is 702. The van der Waals surface area contributed by atoms with Crippen LogP contribution in [0.2, 0.25) is 0 Å². The summed E-state index contributed by atoms with van der Waals surface area (Å²) >= 11 is 0. The number of fused-ring (bicyclic) bond motifs is 2. The SMILES string of the molecule is CO[C@@H]1Cc2ccccc2[C@@]2(CCCN(CCc3ccccc3)C2)O1. The van der Waals surface area contributed by atoms with Crippen LogP contribution in [-0.4, -0.2) is 37.9 Å². The lowest BCUT2D eigenvalue weighted by Gasteiger charge is -2.48. The third-order valence-electron chi connectivity index (χ3n) is 5.61. The second-order valence-corrected chi connectivity index (χ2v) is 7.25. The summed E-state index contributed by atoms with van der Waals surface area (Å²) in [4.78, 5) is 2.56. The first kappa shape index (κ1) is 16.8. The van der Waals surface area contributed by atoms with Gasteiger partial charge in [0.1, 0.15) is 5.60 Å². The Morgan fingerprint density at radius 3 is 2.76 bits per heavy atom. The quantitative estimate of drug-likeness (QED) is 0.848. The lowest BCUT2D eigenvalue weighted by Crippen LogP contribution is -2.52. The highest BCUT2D eigenvalue weighted by Gasteiger charge is 2.44. The molecule has 0 bridgehead atoms. The summed E-state index contributed by atoms with van der Waals surface area (Å²) in [6.07, 6.45) is 4.04. The van der Waals surface area contributed by atoms with Gasteiger partial charge in [-0.3, -0.25) is 4.90 Å². The van der Waals surface area contributed by atoms with E-state index in [9.17, 15) is 0 Å². The molecule has 0 saturated carbocycles. The van der Waals surface area contributed by atoms with Gasteiger partial charge >= 0.3 is 0 Å². The highest BCUT2D eigenvalue weighted by molar-refractivity contribution is 5.35. The molecule has 0 aliphatic carbocycles. The van der Waals surface area contributed by atoms with Crippen LogP contribution >= 0.6 is 0 Å². The van der Waals surface area contributed by atoms with Gasteiger partial charge in [0.15, 0.2) is 6.29 Å². The van der Waals surface area contributed by atoms with E-state index in [0.29, 0.717) is 0 Å². The Labute approximate surface area is 150 Å². The second-order valence-electron chi connectivity index (χ2n) is 7.25. The van der Waals surface area contributed by atoms with Crippen molar-refractivity contribution in [2.75, 3.05) is 26.7 Å². The van der Waals surface area contributed by atoms with E-state index >= 15 is 0 Å². The van der Waals surface area contributed by atoms with E-state index in [-0.39, 0.29) is 11.9 Å². The molecule has 2 heterocycles. The van der Waals surface area contributed by atoms with E-state index in [1.165, 1.54) is 23.1 Å². The molecule has 2 atom stereocenters. The number of likely N-dealkylation sites (tertiary alicyclic amines) is 1. The highest BCUT2D eigenvalue weighted by atomic mass is 16.7. The zero-order valence-corrected chi connectivity index (χ0v) is 15.0. The molecule has 1 fully saturated rings. The molecule has 3 heteroatoms. The summed E-state index contributed by atoms with van der Waals surface area (Å²) in [5, 5.41) is 0. The molecule has 132 valence electrons. The minimum absolute atomic E-state index is 0.135. The molecular formula is C22H27NO2. The molecule has 0 amide bonds. The van der Waals surface area contributed by atoms with Crippen molar-refractivity contribution < 1.29 is 9.47 Å². The van der Waals surface area contributed by atoms with Crippen LogP contribution in [0.1, 0.15) is 29.5 Å². The van der Waals surface area contributed by atoms with Gasteiger partial charge in [-0.1, -0.05) is 54.6 Å². The van der Waals surface area contributed by atoms with Gasteiger partial charge in [-0.2, -0.15) is 0 Å². The molecule has 2 aromatic rings. The molecule has 3 nitrogen and oxygen atoms in total. The zero-order valence-electron chi connectivity index (χ0n) is 15.0. The zero-order chi connectivity index (χ0) is 17.1. The Morgan fingerprint density at radius 2 is 1.92 bits per heavy atom. The number of hydrogen-bond acceptors (Lipinski definition) is 3. The standard InChI is InChI=1S/C22H27NO2/c1-24-21-16-19-10-5-6-11-20(19)22(25-21)13-7-14-23(17-22)15-12-18-8-3-2-4-9-18/h2-6,8-11,21H,7,12-17H2,1H3/t21-,22-/m0/s1. The molecule has 1 saturated heterocycles. The third-order valence-corrected chi connectivity index (χ3v) is 5.61. The van der Waals surface area contributed by atoms with Crippen LogP contribution in [0.5, 0.6) is 0 Å². The van der Waals surface area contributed by atoms with E-state index in [0.717, 1.165) is 38.9 Å². The van der Waals surface area contributed by atoms with E-state index in [1.807, 2.05) is 0 Å². The summed E-state index contributed by atoms with van der Waals surface area (Å²) in [6, 6.07) is 19.5. The monoisotopic (exact) mass is 337 g/mol. The number of ether oxygens (including phenoxy) is 2. The van der Waals surface area contributed by atoms with Gasteiger partial charge in [-0.15, -0.1) is 0 Å². The molecule has 2 aliphatic rings. The van der Waals surface area contributed by atoms with Gasteiger partial charge < -0.3 is 9.47 Å².